The van der Waals surface area contributed by atoms with E-state index in [0.29, 0.717) is 29.5 Å². The normalized spacial score (nSPS) is 10.3. The Hall–Kier alpha value is -4.03. The van der Waals surface area contributed by atoms with Gasteiger partial charge in [-0.1, -0.05) is 29.3 Å². The average Bonchev–Trinajstić information content (AvgIpc) is 2.86. The van der Waals surface area contributed by atoms with Gasteiger partial charge in [0.15, 0.2) is 18.1 Å². The van der Waals surface area contributed by atoms with Crippen molar-refractivity contribution in [3.05, 3.63) is 68.4 Å². The minimum absolute atomic E-state index is 0.0172. The quantitative estimate of drug-likeness (QED) is 0.229. The summed E-state index contributed by atoms with van der Waals surface area (Å²) in [6.07, 6.45) is 1.65. The molecule has 14 heteroatoms. The summed E-state index contributed by atoms with van der Waals surface area (Å²) < 4.78 is 15.8. The van der Waals surface area contributed by atoms with Gasteiger partial charge in [-0.3, -0.25) is 25.8 Å². The molecule has 0 atom stereocenters. The molecule has 0 bridgehead atoms. The maximum atomic E-state index is 12.1. The van der Waals surface area contributed by atoms with E-state index in [1.807, 2.05) is 12.1 Å². The van der Waals surface area contributed by atoms with Gasteiger partial charge in [0.2, 0.25) is 11.6 Å². The van der Waals surface area contributed by atoms with Crippen LogP contribution in [0.25, 0.3) is 0 Å². The Kier molecular flexibility index (Phi) is 9.31. The van der Waals surface area contributed by atoms with Crippen LogP contribution in [0.4, 0.5) is 17.3 Å². The number of nitrogens with one attached hydrogen (secondary N) is 3. The van der Waals surface area contributed by atoms with Crippen molar-refractivity contribution in [2.75, 3.05) is 38.1 Å². The zero-order chi connectivity index (χ0) is 26.1. The van der Waals surface area contributed by atoms with E-state index in [-0.39, 0.29) is 22.4 Å². The highest BCUT2D eigenvalue weighted by Gasteiger charge is 2.23. The lowest BCUT2D eigenvalue weighted by molar-refractivity contribution is -0.383. The SMILES string of the molecule is COc1ccc(CCNc2ncnc(NNC(=O)COc3ccc(Cl)cc3Cl)c2[N+](=O)[O-])cc1OC. The molecule has 3 rings (SSSR count). The molecule has 0 fully saturated rings. The molecule has 0 saturated heterocycles. The average molecular weight is 537 g/mol. The third-order valence-electron chi connectivity index (χ3n) is 4.73. The molecule has 0 saturated carbocycles. The van der Waals surface area contributed by atoms with E-state index in [1.165, 1.54) is 19.2 Å². The number of nitro groups is 1. The van der Waals surface area contributed by atoms with Gasteiger partial charge < -0.3 is 19.5 Å². The number of nitrogens with zero attached hydrogens (tertiary/aromatic N) is 3. The van der Waals surface area contributed by atoms with E-state index < -0.39 is 23.1 Å². The second kappa shape index (κ2) is 12.6. The summed E-state index contributed by atoms with van der Waals surface area (Å²) in [6.45, 7) is -0.0848. The van der Waals surface area contributed by atoms with Crippen molar-refractivity contribution >= 4 is 46.4 Å². The van der Waals surface area contributed by atoms with Gasteiger partial charge in [-0.15, -0.1) is 0 Å². The fourth-order valence-corrected chi connectivity index (χ4v) is 3.50. The molecule has 0 aliphatic carbocycles. The lowest BCUT2D eigenvalue weighted by Gasteiger charge is -2.12. The van der Waals surface area contributed by atoms with E-state index in [4.69, 9.17) is 37.4 Å². The maximum absolute atomic E-state index is 12.1. The van der Waals surface area contributed by atoms with Crippen LogP contribution in [0.3, 0.4) is 0 Å². The molecule has 0 unspecified atom stereocenters. The molecule has 1 heterocycles. The Bertz CT molecular complexity index is 1250. The number of amides is 1. The first-order chi connectivity index (χ1) is 17.3. The number of hydrogen-bond donors (Lipinski definition) is 3. The second-order valence-electron chi connectivity index (χ2n) is 7.08. The molecule has 1 amide bonds. The van der Waals surface area contributed by atoms with E-state index in [0.717, 1.165) is 11.9 Å². The number of aromatic nitrogens is 2. The van der Waals surface area contributed by atoms with Gasteiger partial charge in [-0.25, -0.2) is 9.97 Å². The maximum Gasteiger partial charge on any atom is 0.354 e. The van der Waals surface area contributed by atoms with Crippen molar-refractivity contribution < 1.29 is 23.9 Å². The standard InChI is InChI=1S/C22H22Cl2N6O6/c1-34-17-5-3-13(9-18(17)35-2)7-8-25-21-20(30(32)33)22(27-12-26-21)29-28-19(31)11-36-16-6-4-14(23)10-15(16)24/h3-6,9-10,12H,7-8,11H2,1-2H3,(H,28,31)(H2,25,26,27,29). The Balaban J connectivity index is 1.60. The highest BCUT2D eigenvalue weighted by atomic mass is 35.5. The highest BCUT2D eigenvalue weighted by molar-refractivity contribution is 6.35. The third-order valence-corrected chi connectivity index (χ3v) is 5.26. The summed E-state index contributed by atoms with van der Waals surface area (Å²) in [5.41, 5.74) is 5.21. The molecule has 0 spiro atoms. The first-order valence-corrected chi connectivity index (χ1v) is 11.1. The molecule has 0 aliphatic heterocycles. The van der Waals surface area contributed by atoms with E-state index in [1.54, 1.807) is 19.2 Å². The number of hydrazine groups is 1. The summed E-state index contributed by atoms with van der Waals surface area (Å²) in [6, 6.07) is 9.99. The minimum Gasteiger partial charge on any atom is -0.493 e. The predicted octanol–water partition coefficient (Wildman–Crippen LogP) is 3.89. The molecule has 3 aromatic rings. The van der Waals surface area contributed by atoms with Crippen molar-refractivity contribution in [2.24, 2.45) is 0 Å². The first-order valence-electron chi connectivity index (χ1n) is 10.4. The van der Waals surface area contributed by atoms with E-state index in [9.17, 15) is 14.9 Å². The van der Waals surface area contributed by atoms with Crippen LogP contribution in [-0.4, -0.2) is 48.2 Å². The van der Waals surface area contributed by atoms with Crippen LogP contribution in [0, 0.1) is 10.1 Å². The van der Waals surface area contributed by atoms with Crippen molar-refractivity contribution in [1.29, 1.82) is 0 Å². The van der Waals surface area contributed by atoms with Gasteiger partial charge in [0.1, 0.15) is 12.1 Å². The van der Waals surface area contributed by atoms with Crippen LogP contribution in [0.2, 0.25) is 10.0 Å². The molecule has 0 aliphatic rings. The van der Waals surface area contributed by atoms with Gasteiger partial charge >= 0.3 is 5.69 Å². The lowest BCUT2D eigenvalue weighted by atomic mass is 10.1. The molecule has 12 nitrogen and oxygen atoms in total. The number of hydrogen-bond acceptors (Lipinski definition) is 10. The zero-order valence-corrected chi connectivity index (χ0v) is 20.7. The summed E-state index contributed by atoms with van der Waals surface area (Å²) in [4.78, 5) is 31.0. The number of ether oxygens (including phenoxy) is 3. The van der Waals surface area contributed by atoms with Crippen LogP contribution < -0.4 is 30.4 Å². The number of methoxy groups -OCH3 is 2. The number of halogens is 2. The van der Waals surface area contributed by atoms with Crippen LogP contribution in [0.15, 0.2) is 42.7 Å². The molecule has 36 heavy (non-hydrogen) atoms. The number of benzene rings is 2. The summed E-state index contributed by atoms with van der Waals surface area (Å²) in [7, 11) is 3.08. The number of carbonyl (C=O) groups excluding carboxylic acids is 1. The topological polar surface area (TPSA) is 150 Å². The molecular formula is C22H22Cl2N6O6. The first kappa shape index (κ1) is 26.6. The molecule has 190 valence electrons. The Labute approximate surface area is 216 Å². The largest absolute Gasteiger partial charge is 0.493 e. The molecule has 0 radical (unpaired) electrons. The Morgan fingerprint density at radius 2 is 1.75 bits per heavy atom. The van der Waals surface area contributed by atoms with Crippen molar-refractivity contribution in [1.82, 2.24) is 15.4 Å². The third kappa shape index (κ3) is 6.99. The molecular weight excluding hydrogens is 515 g/mol. The predicted molar refractivity (Wildman–Crippen MR) is 134 cm³/mol. The summed E-state index contributed by atoms with van der Waals surface area (Å²) in [5, 5.41) is 15.3. The molecule has 3 N–H and O–H groups in total. The molecule has 1 aromatic heterocycles. The highest BCUT2D eigenvalue weighted by Crippen LogP contribution is 2.30. The van der Waals surface area contributed by atoms with Gasteiger partial charge in [-0.05, 0) is 42.3 Å². The van der Waals surface area contributed by atoms with Crippen LogP contribution in [-0.2, 0) is 11.2 Å². The van der Waals surface area contributed by atoms with E-state index >= 15 is 0 Å². The monoisotopic (exact) mass is 536 g/mol. The zero-order valence-electron chi connectivity index (χ0n) is 19.2. The minimum atomic E-state index is -0.656. The second-order valence-corrected chi connectivity index (χ2v) is 7.92. The number of rotatable bonds is 12. The van der Waals surface area contributed by atoms with Crippen LogP contribution >= 0.6 is 23.2 Å². The Morgan fingerprint density at radius 3 is 2.44 bits per heavy atom. The van der Waals surface area contributed by atoms with E-state index in [2.05, 4.69) is 26.1 Å². The van der Waals surface area contributed by atoms with Crippen molar-refractivity contribution in [3.8, 4) is 17.2 Å². The van der Waals surface area contributed by atoms with Crippen molar-refractivity contribution in [3.63, 3.8) is 0 Å². The van der Waals surface area contributed by atoms with Crippen molar-refractivity contribution in [2.45, 2.75) is 6.42 Å². The van der Waals surface area contributed by atoms with Gasteiger partial charge in [0.25, 0.3) is 5.91 Å². The number of carbonyl (C=O) groups is 1. The Morgan fingerprint density at radius 1 is 1.03 bits per heavy atom. The van der Waals surface area contributed by atoms with Crippen LogP contribution in [0.5, 0.6) is 17.2 Å². The van der Waals surface area contributed by atoms with Gasteiger partial charge in [0.05, 0.1) is 24.2 Å². The fourth-order valence-electron chi connectivity index (χ4n) is 3.03. The fraction of sp³-hybridized carbons (Fsp3) is 0.227. The van der Waals surface area contributed by atoms with Gasteiger partial charge in [-0.2, -0.15) is 0 Å². The van der Waals surface area contributed by atoms with Gasteiger partial charge in [0, 0.05) is 11.6 Å². The summed E-state index contributed by atoms with van der Waals surface area (Å²) in [5.74, 6) is 0.577. The lowest BCUT2D eigenvalue weighted by Crippen LogP contribution is -2.34. The summed E-state index contributed by atoms with van der Waals surface area (Å²) >= 11 is 11.8. The van der Waals surface area contributed by atoms with Crippen LogP contribution in [0.1, 0.15) is 5.56 Å². The smallest absolute Gasteiger partial charge is 0.354 e. The number of anilines is 2. The molecule has 2 aromatic carbocycles.